The number of nitro groups is 1. The van der Waals surface area contributed by atoms with Crippen molar-refractivity contribution in [1.82, 2.24) is 0 Å². The quantitative estimate of drug-likeness (QED) is 0.640. The molecule has 94 valence electrons. The maximum Gasteiger partial charge on any atom is 0.272 e. The van der Waals surface area contributed by atoms with Crippen LogP contribution in [0.4, 0.5) is 14.5 Å². The number of non-ortho nitro benzene ring substituents is 1. The Hall–Kier alpha value is -1.76. The first-order chi connectivity index (χ1) is 7.91. The van der Waals surface area contributed by atoms with Crippen molar-refractivity contribution in [2.75, 3.05) is 6.61 Å². The topological polar surface area (TPSA) is 72.6 Å². The lowest BCUT2D eigenvalue weighted by molar-refractivity contribution is -0.385. The van der Waals surface area contributed by atoms with Gasteiger partial charge in [-0.3, -0.25) is 10.1 Å². The minimum Gasteiger partial charge on any atom is -0.487 e. The standard InChI is InChI=1S/C10H11F2NO4/c1-6(14)8-4-7(13(15)16)2-3-9(8)17-5-10(11)12/h2-4,6,10,14H,5H2,1H3. The van der Waals surface area contributed by atoms with Gasteiger partial charge >= 0.3 is 0 Å². The smallest absolute Gasteiger partial charge is 0.272 e. The van der Waals surface area contributed by atoms with Crippen LogP contribution in [0.15, 0.2) is 18.2 Å². The van der Waals surface area contributed by atoms with E-state index in [0.29, 0.717) is 0 Å². The zero-order valence-electron chi connectivity index (χ0n) is 8.97. The summed E-state index contributed by atoms with van der Waals surface area (Å²) in [6.45, 7) is 0.547. The molecular weight excluding hydrogens is 236 g/mol. The first-order valence-corrected chi connectivity index (χ1v) is 4.79. The van der Waals surface area contributed by atoms with Crippen LogP contribution in [-0.2, 0) is 0 Å². The molecule has 0 aliphatic heterocycles. The fraction of sp³-hybridized carbons (Fsp3) is 0.400. The Balaban J connectivity index is 3.00. The highest BCUT2D eigenvalue weighted by atomic mass is 19.3. The Bertz CT molecular complexity index is 409. The van der Waals surface area contributed by atoms with E-state index in [2.05, 4.69) is 0 Å². The highest BCUT2D eigenvalue weighted by molar-refractivity contribution is 5.44. The lowest BCUT2D eigenvalue weighted by Crippen LogP contribution is -2.09. The molecule has 17 heavy (non-hydrogen) atoms. The number of halogens is 2. The maximum absolute atomic E-state index is 12.0. The van der Waals surface area contributed by atoms with Crippen molar-refractivity contribution in [3.63, 3.8) is 0 Å². The number of nitro benzene ring substituents is 1. The third kappa shape index (κ3) is 3.63. The molecule has 0 aliphatic rings. The van der Waals surface area contributed by atoms with Gasteiger partial charge in [0.05, 0.1) is 11.0 Å². The van der Waals surface area contributed by atoms with Crippen molar-refractivity contribution < 1.29 is 23.5 Å². The van der Waals surface area contributed by atoms with Crippen LogP contribution in [0.2, 0.25) is 0 Å². The second-order valence-electron chi connectivity index (χ2n) is 3.36. The summed E-state index contributed by atoms with van der Waals surface area (Å²) in [6.07, 6.45) is -3.69. The van der Waals surface area contributed by atoms with Crippen molar-refractivity contribution in [1.29, 1.82) is 0 Å². The van der Waals surface area contributed by atoms with Crippen LogP contribution >= 0.6 is 0 Å². The van der Waals surface area contributed by atoms with Crippen molar-refractivity contribution in [3.05, 3.63) is 33.9 Å². The Morgan fingerprint density at radius 1 is 1.53 bits per heavy atom. The zero-order chi connectivity index (χ0) is 13.0. The molecule has 0 saturated heterocycles. The van der Waals surface area contributed by atoms with Crippen molar-refractivity contribution in [2.24, 2.45) is 0 Å². The first-order valence-electron chi connectivity index (χ1n) is 4.79. The molecule has 0 aromatic heterocycles. The lowest BCUT2D eigenvalue weighted by atomic mass is 10.1. The van der Waals surface area contributed by atoms with Gasteiger partial charge in [-0.25, -0.2) is 8.78 Å². The van der Waals surface area contributed by atoms with E-state index in [9.17, 15) is 24.0 Å². The van der Waals surface area contributed by atoms with Crippen LogP contribution in [-0.4, -0.2) is 23.1 Å². The summed E-state index contributed by atoms with van der Waals surface area (Å²) < 4.78 is 28.7. The number of nitrogens with zero attached hydrogens (tertiary/aromatic N) is 1. The van der Waals surface area contributed by atoms with Gasteiger partial charge in [-0.1, -0.05) is 0 Å². The van der Waals surface area contributed by atoms with Crippen LogP contribution in [0.3, 0.4) is 0 Å². The van der Waals surface area contributed by atoms with Gasteiger partial charge in [-0.2, -0.15) is 0 Å². The molecule has 7 heteroatoms. The van der Waals surface area contributed by atoms with Crippen LogP contribution < -0.4 is 4.74 Å². The van der Waals surface area contributed by atoms with Gasteiger partial charge in [0, 0.05) is 17.7 Å². The van der Waals surface area contributed by atoms with Gasteiger partial charge < -0.3 is 9.84 Å². The number of ether oxygens (including phenoxy) is 1. The molecule has 0 radical (unpaired) electrons. The predicted octanol–water partition coefficient (Wildman–Crippen LogP) is 2.29. The molecule has 1 N–H and O–H groups in total. The van der Waals surface area contributed by atoms with E-state index in [1.54, 1.807) is 0 Å². The summed E-state index contributed by atoms with van der Waals surface area (Å²) in [7, 11) is 0. The van der Waals surface area contributed by atoms with Gasteiger partial charge in [-0.05, 0) is 13.0 Å². The average molecular weight is 247 g/mol. The average Bonchev–Trinajstić information content (AvgIpc) is 2.25. The lowest BCUT2D eigenvalue weighted by Gasteiger charge is -2.12. The molecule has 5 nitrogen and oxygen atoms in total. The number of aliphatic hydroxyl groups excluding tert-OH is 1. The largest absolute Gasteiger partial charge is 0.487 e. The maximum atomic E-state index is 12.0. The molecule has 1 unspecified atom stereocenters. The molecule has 0 spiro atoms. The molecule has 1 aromatic rings. The minimum absolute atomic E-state index is 0.0194. The number of rotatable bonds is 5. The molecule has 0 amide bonds. The van der Waals surface area contributed by atoms with Crippen molar-refractivity contribution in [3.8, 4) is 5.75 Å². The second kappa shape index (κ2) is 5.53. The molecule has 1 atom stereocenters. The monoisotopic (exact) mass is 247 g/mol. The SMILES string of the molecule is CC(O)c1cc([N+](=O)[O-])ccc1OCC(F)F. The van der Waals surface area contributed by atoms with Crippen molar-refractivity contribution >= 4 is 5.69 Å². The summed E-state index contributed by atoms with van der Waals surface area (Å²) in [5.74, 6) is 0.0194. The summed E-state index contributed by atoms with van der Waals surface area (Å²) in [5, 5.41) is 19.9. The highest BCUT2D eigenvalue weighted by Crippen LogP contribution is 2.29. The minimum atomic E-state index is -2.65. The van der Waals surface area contributed by atoms with Crippen LogP contribution in [0.1, 0.15) is 18.6 Å². The number of alkyl halides is 2. The number of hydrogen-bond donors (Lipinski definition) is 1. The van der Waals surface area contributed by atoms with Gasteiger partial charge in [-0.15, -0.1) is 0 Å². The zero-order valence-corrected chi connectivity index (χ0v) is 8.97. The van der Waals surface area contributed by atoms with Gasteiger partial charge in [0.1, 0.15) is 12.4 Å². The normalized spacial score (nSPS) is 12.5. The molecule has 0 bridgehead atoms. The summed E-state index contributed by atoms with van der Waals surface area (Å²) in [4.78, 5) is 9.88. The van der Waals surface area contributed by atoms with E-state index in [4.69, 9.17) is 4.74 Å². The van der Waals surface area contributed by atoms with E-state index in [1.165, 1.54) is 13.0 Å². The molecular formula is C10H11F2NO4. The van der Waals surface area contributed by atoms with E-state index in [-0.39, 0.29) is 17.0 Å². The van der Waals surface area contributed by atoms with E-state index in [0.717, 1.165) is 12.1 Å². The second-order valence-corrected chi connectivity index (χ2v) is 3.36. The van der Waals surface area contributed by atoms with Gasteiger partial charge in [0.2, 0.25) is 0 Å². The predicted molar refractivity (Wildman–Crippen MR) is 55.2 cm³/mol. The third-order valence-electron chi connectivity index (χ3n) is 2.02. The molecule has 0 saturated carbocycles. The molecule has 1 aromatic carbocycles. The Morgan fingerprint density at radius 3 is 2.65 bits per heavy atom. The molecule has 0 fully saturated rings. The third-order valence-corrected chi connectivity index (χ3v) is 2.02. The number of aliphatic hydroxyl groups is 1. The van der Waals surface area contributed by atoms with E-state index < -0.39 is 24.1 Å². The fourth-order valence-electron chi connectivity index (χ4n) is 1.26. The Kier molecular flexibility index (Phi) is 4.33. The number of benzene rings is 1. The Morgan fingerprint density at radius 2 is 2.18 bits per heavy atom. The van der Waals surface area contributed by atoms with Gasteiger partial charge in [0.25, 0.3) is 12.1 Å². The van der Waals surface area contributed by atoms with Crippen molar-refractivity contribution in [2.45, 2.75) is 19.5 Å². The highest BCUT2D eigenvalue weighted by Gasteiger charge is 2.16. The van der Waals surface area contributed by atoms with Gasteiger partial charge in [0.15, 0.2) is 0 Å². The summed E-state index contributed by atoms with van der Waals surface area (Å²) in [6, 6.07) is 3.43. The number of hydrogen-bond acceptors (Lipinski definition) is 4. The fourth-order valence-corrected chi connectivity index (χ4v) is 1.26. The Labute approximate surface area is 95.8 Å². The van der Waals surface area contributed by atoms with E-state index in [1.807, 2.05) is 0 Å². The van der Waals surface area contributed by atoms with Crippen LogP contribution in [0.5, 0.6) is 5.75 Å². The van der Waals surface area contributed by atoms with Crippen LogP contribution in [0.25, 0.3) is 0 Å². The molecule has 0 aliphatic carbocycles. The summed E-state index contributed by atoms with van der Waals surface area (Å²) in [5.41, 5.74) is -0.120. The first kappa shape index (κ1) is 13.3. The summed E-state index contributed by atoms with van der Waals surface area (Å²) >= 11 is 0. The van der Waals surface area contributed by atoms with E-state index >= 15 is 0 Å². The molecule has 0 heterocycles. The van der Waals surface area contributed by atoms with Crippen LogP contribution in [0, 0.1) is 10.1 Å². The molecule has 1 rings (SSSR count).